The van der Waals surface area contributed by atoms with Gasteiger partial charge in [0.1, 0.15) is 11.5 Å². The SMILES string of the molecule is CCCOc1ccccc1NC(=O)NCC(c1ccc(OC)cc1)N(C)C. The van der Waals surface area contributed by atoms with Crippen molar-refractivity contribution in [3.8, 4) is 11.5 Å². The van der Waals surface area contributed by atoms with Crippen molar-refractivity contribution in [3.05, 3.63) is 54.1 Å². The van der Waals surface area contributed by atoms with E-state index >= 15 is 0 Å². The van der Waals surface area contributed by atoms with Crippen LogP contribution in [0.15, 0.2) is 48.5 Å². The van der Waals surface area contributed by atoms with Gasteiger partial charge in [-0.15, -0.1) is 0 Å². The lowest BCUT2D eigenvalue weighted by Crippen LogP contribution is -2.37. The number of hydrogen-bond acceptors (Lipinski definition) is 4. The summed E-state index contributed by atoms with van der Waals surface area (Å²) in [7, 11) is 5.62. The smallest absolute Gasteiger partial charge is 0.319 e. The molecule has 0 spiro atoms. The van der Waals surface area contributed by atoms with Crippen molar-refractivity contribution in [1.82, 2.24) is 10.2 Å². The highest BCUT2D eigenvalue weighted by molar-refractivity contribution is 5.90. The first kappa shape index (κ1) is 20.6. The van der Waals surface area contributed by atoms with Crippen molar-refractivity contribution in [3.63, 3.8) is 0 Å². The number of anilines is 1. The number of carbonyl (C=O) groups is 1. The van der Waals surface area contributed by atoms with Crippen molar-refractivity contribution in [2.24, 2.45) is 0 Å². The van der Waals surface area contributed by atoms with E-state index in [1.54, 1.807) is 7.11 Å². The molecular formula is C21H29N3O3. The maximum atomic E-state index is 12.4. The predicted octanol–water partition coefficient (Wildman–Crippen LogP) is 3.91. The van der Waals surface area contributed by atoms with E-state index in [4.69, 9.17) is 9.47 Å². The summed E-state index contributed by atoms with van der Waals surface area (Å²) in [6.45, 7) is 3.13. The zero-order chi connectivity index (χ0) is 19.6. The Morgan fingerprint density at radius 2 is 1.81 bits per heavy atom. The summed E-state index contributed by atoms with van der Waals surface area (Å²) >= 11 is 0. The van der Waals surface area contributed by atoms with Crippen LogP contribution in [0.4, 0.5) is 10.5 Å². The minimum Gasteiger partial charge on any atom is -0.497 e. The number of para-hydroxylation sites is 2. The normalized spacial score (nSPS) is 11.7. The van der Waals surface area contributed by atoms with Crippen molar-refractivity contribution in [2.45, 2.75) is 19.4 Å². The molecule has 0 aliphatic rings. The van der Waals surface area contributed by atoms with Crippen molar-refractivity contribution >= 4 is 11.7 Å². The molecule has 146 valence electrons. The highest BCUT2D eigenvalue weighted by Crippen LogP contribution is 2.24. The van der Waals surface area contributed by atoms with Crippen LogP contribution in [0.2, 0.25) is 0 Å². The first-order valence-corrected chi connectivity index (χ1v) is 9.12. The predicted molar refractivity (Wildman–Crippen MR) is 109 cm³/mol. The molecular weight excluding hydrogens is 342 g/mol. The molecule has 2 rings (SSSR count). The van der Waals surface area contributed by atoms with Gasteiger partial charge >= 0.3 is 6.03 Å². The van der Waals surface area contributed by atoms with Crippen LogP contribution in [0.5, 0.6) is 11.5 Å². The number of methoxy groups -OCH3 is 1. The number of urea groups is 1. The molecule has 0 aliphatic heterocycles. The summed E-state index contributed by atoms with van der Waals surface area (Å²) in [5, 5.41) is 5.81. The Balaban J connectivity index is 1.98. The molecule has 0 bridgehead atoms. The molecule has 0 radical (unpaired) electrons. The van der Waals surface area contributed by atoms with Gasteiger partial charge in [0, 0.05) is 6.54 Å². The maximum Gasteiger partial charge on any atom is 0.319 e. The number of hydrogen-bond donors (Lipinski definition) is 2. The summed E-state index contributed by atoms with van der Waals surface area (Å²) in [5.41, 5.74) is 1.77. The van der Waals surface area contributed by atoms with Gasteiger partial charge in [0.2, 0.25) is 0 Å². The average Bonchev–Trinajstić information content (AvgIpc) is 2.67. The molecule has 2 aromatic carbocycles. The van der Waals surface area contributed by atoms with E-state index in [1.807, 2.05) is 69.6 Å². The summed E-state index contributed by atoms with van der Waals surface area (Å²) in [5.74, 6) is 1.49. The lowest BCUT2D eigenvalue weighted by atomic mass is 10.1. The number of ether oxygens (including phenoxy) is 2. The quantitative estimate of drug-likeness (QED) is 0.702. The van der Waals surface area contributed by atoms with E-state index < -0.39 is 0 Å². The Morgan fingerprint density at radius 3 is 2.44 bits per heavy atom. The number of nitrogens with one attached hydrogen (secondary N) is 2. The molecule has 27 heavy (non-hydrogen) atoms. The third-order valence-corrected chi connectivity index (χ3v) is 4.18. The maximum absolute atomic E-state index is 12.4. The summed E-state index contributed by atoms with van der Waals surface area (Å²) in [6.07, 6.45) is 0.910. The Hall–Kier alpha value is -2.73. The number of benzene rings is 2. The van der Waals surface area contributed by atoms with Crippen LogP contribution < -0.4 is 20.1 Å². The van der Waals surface area contributed by atoms with Crippen LogP contribution in [-0.4, -0.2) is 45.3 Å². The largest absolute Gasteiger partial charge is 0.497 e. The Bertz CT molecular complexity index is 717. The second-order valence-corrected chi connectivity index (χ2v) is 6.43. The fraction of sp³-hybridized carbons (Fsp3) is 0.381. The third kappa shape index (κ3) is 6.18. The number of likely N-dealkylation sites (N-methyl/N-ethyl adjacent to an activating group) is 1. The van der Waals surface area contributed by atoms with E-state index in [0.29, 0.717) is 24.6 Å². The lowest BCUT2D eigenvalue weighted by molar-refractivity contribution is 0.243. The van der Waals surface area contributed by atoms with Crippen molar-refractivity contribution < 1.29 is 14.3 Å². The second kappa shape index (κ2) is 10.4. The Kier molecular flexibility index (Phi) is 7.95. The summed E-state index contributed by atoms with van der Waals surface area (Å²) < 4.78 is 10.9. The average molecular weight is 371 g/mol. The van der Waals surface area contributed by atoms with Crippen LogP contribution >= 0.6 is 0 Å². The Morgan fingerprint density at radius 1 is 1.11 bits per heavy atom. The van der Waals surface area contributed by atoms with Crippen LogP contribution in [0.3, 0.4) is 0 Å². The van der Waals surface area contributed by atoms with E-state index in [0.717, 1.165) is 17.7 Å². The standard InChI is InChI=1S/C21H29N3O3/c1-5-14-27-20-9-7-6-8-18(20)23-21(25)22-15-19(24(2)3)16-10-12-17(26-4)13-11-16/h6-13,19H,5,14-15H2,1-4H3,(H2,22,23,25). The van der Waals surface area contributed by atoms with Gasteiger partial charge in [-0.05, 0) is 50.3 Å². The van der Waals surface area contributed by atoms with Gasteiger partial charge in [-0.2, -0.15) is 0 Å². The monoisotopic (exact) mass is 371 g/mol. The molecule has 1 unspecified atom stereocenters. The number of nitrogens with zero attached hydrogens (tertiary/aromatic N) is 1. The lowest BCUT2D eigenvalue weighted by Gasteiger charge is -2.25. The van der Waals surface area contributed by atoms with Gasteiger partial charge in [-0.25, -0.2) is 4.79 Å². The summed E-state index contributed by atoms with van der Waals surface area (Å²) in [6, 6.07) is 15.1. The summed E-state index contributed by atoms with van der Waals surface area (Å²) in [4.78, 5) is 14.5. The molecule has 2 amide bonds. The molecule has 6 nitrogen and oxygen atoms in total. The third-order valence-electron chi connectivity index (χ3n) is 4.18. The zero-order valence-electron chi connectivity index (χ0n) is 16.5. The molecule has 2 aromatic rings. The van der Waals surface area contributed by atoms with Gasteiger partial charge in [-0.1, -0.05) is 31.2 Å². The van der Waals surface area contributed by atoms with E-state index in [1.165, 1.54) is 0 Å². The Labute approximate surface area is 161 Å². The molecule has 0 aromatic heterocycles. The molecule has 0 saturated heterocycles. The minimum absolute atomic E-state index is 0.0493. The first-order valence-electron chi connectivity index (χ1n) is 9.12. The number of amides is 2. The van der Waals surface area contributed by atoms with Gasteiger partial charge in [0.15, 0.2) is 0 Å². The van der Waals surface area contributed by atoms with Gasteiger partial charge < -0.3 is 25.0 Å². The second-order valence-electron chi connectivity index (χ2n) is 6.43. The van der Waals surface area contributed by atoms with Gasteiger partial charge in [0.05, 0.1) is 25.4 Å². The highest BCUT2D eigenvalue weighted by Gasteiger charge is 2.16. The van der Waals surface area contributed by atoms with E-state index in [-0.39, 0.29) is 12.1 Å². The van der Waals surface area contributed by atoms with Crippen LogP contribution in [0.1, 0.15) is 24.9 Å². The zero-order valence-corrected chi connectivity index (χ0v) is 16.5. The minimum atomic E-state index is -0.261. The molecule has 0 heterocycles. The van der Waals surface area contributed by atoms with Crippen LogP contribution in [-0.2, 0) is 0 Å². The van der Waals surface area contributed by atoms with Gasteiger partial charge in [-0.3, -0.25) is 0 Å². The van der Waals surface area contributed by atoms with Crippen molar-refractivity contribution in [1.29, 1.82) is 0 Å². The van der Waals surface area contributed by atoms with E-state index in [9.17, 15) is 4.79 Å². The molecule has 0 fully saturated rings. The van der Waals surface area contributed by atoms with Crippen LogP contribution in [0, 0.1) is 0 Å². The topological polar surface area (TPSA) is 62.8 Å². The fourth-order valence-corrected chi connectivity index (χ4v) is 2.69. The van der Waals surface area contributed by atoms with Gasteiger partial charge in [0.25, 0.3) is 0 Å². The fourth-order valence-electron chi connectivity index (χ4n) is 2.69. The molecule has 0 aliphatic carbocycles. The molecule has 1 atom stereocenters. The molecule has 6 heteroatoms. The molecule has 0 saturated carbocycles. The number of rotatable bonds is 9. The van der Waals surface area contributed by atoms with E-state index in [2.05, 4.69) is 15.5 Å². The van der Waals surface area contributed by atoms with Crippen molar-refractivity contribution in [2.75, 3.05) is 39.7 Å². The highest BCUT2D eigenvalue weighted by atomic mass is 16.5. The van der Waals surface area contributed by atoms with Crippen LogP contribution in [0.25, 0.3) is 0 Å². The first-order chi connectivity index (χ1) is 13.0. The number of carbonyl (C=O) groups excluding carboxylic acids is 1. The molecule has 2 N–H and O–H groups in total.